The van der Waals surface area contributed by atoms with Crippen LogP contribution in [0.25, 0.3) is 0 Å². The number of hydrogen-bond donors (Lipinski definition) is 2. The Hall–Kier alpha value is -1.30. The summed E-state index contributed by atoms with van der Waals surface area (Å²) in [5.74, 6) is -0.665. The molecule has 100 valence electrons. The maximum Gasteiger partial charge on any atom is 0.407 e. The zero-order valence-electron chi connectivity index (χ0n) is 10.8. The summed E-state index contributed by atoms with van der Waals surface area (Å²) in [6.45, 7) is 5.65. The Morgan fingerprint density at radius 3 is 2.41 bits per heavy atom. The highest BCUT2D eigenvalue weighted by atomic mass is 16.6. The lowest BCUT2D eigenvalue weighted by molar-refractivity contribution is -0.150. The molecule has 0 aromatic rings. The smallest absolute Gasteiger partial charge is 0.407 e. The van der Waals surface area contributed by atoms with Gasteiger partial charge in [0, 0.05) is 6.54 Å². The Morgan fingerprint density at radius 1 is 1.35 bits per heavy atom. The van der Waals surface area contributed by atoms with Gasteiger partial charge >= 0.3 is 12.1 Å². The van der Waals surface area contributed by atoms with Gasteiger partial charge < -0.3 is 19.9 Å². The lowest BCUT2D eigenvalue weighted by atomic mass is 10.2. The highest BCUT2D eigenvalue weighted by molar-refractivity contribution is 5.74. The van der Waals surface area contributed by atoms with Crippen LogP contribution in [0.4, 0.5) is 4.79 Å². The fraction of sp³-hybridized carbons (Fsp3) is 0.818. The van der Waals surface area contributed by atoms with E-state index in [1.54, 1.807) is 20.8 Å². The second-order valence-corrected chi connectivity index (χ2v) is 4.61. The molecular weight excluding hydrogens is 226 g/mol. The van der Waals surface area contributed by atoms with Crippen molar-refractivity contribution in [3.05, 3.63) is 0 Å². The Kier molecular flexibility index (Phi) is 6.57. The highest BCUT2D eigenvalue weighted by Crippen LogP contribution is 2.06. The standard InChI is InChI=1S/C11H21NO5/c1-11(2,3)17-10(15)12-7-5-6-8(13)9(14)16-4/h8,13H,5-7H2,1-4H3,(H,12,15)/t8-/m0/s1. The molecule has 2 N–H and O–H groups in total. The third kappa shape index (κ3) is 8.50. The molecule has 0 aliphatic rings. The van der Waals surface area contributed by atoms with Crippen molar-refractivity contribution in [2.45, 2.75) is 45.3 Å². The van der Waals surface area contributed by atoms with Crippen LogP contribution in [0.1, 0.15) is 33.6 Å². The summed E-state index contributed by atoms with van der Waals surface area (Å²) >= 11 is 0. The van der Waals surface area contributed by atoms with E-state index in [1.807, 2.05) is 0 Å². The zero-order valence-corrected chi connectivity index (χ0v) is 10.8. The van der Waals surface area contributed by atoms with Crippen LogP contribution in [0.2, 0.25) is 0 Å². The number of carbonyl (C=O) groups is 2. The van der Waals surface area contributed by atoms with Gasteiger partial charge in [-0.2, -0.15) is 0 Å². The SMILES string of the molecule is COC(=O)[C@@H](O)CCCNC(=O)OC(C)(C)C. The van der Waals surface area contributed by atoms with Crippen molar-refractivity contribution in [3.63, 3.8) is 0 Å². The molecule has 0 aromatic carbocycles. The normalized spacial score (nSPS) is 12.8. The summed E-state index contributed by atoms with van der Waals surface area (Å²) in [6, 6.07) is 0. The van der Waals surface area contributed by atoms with Gasteiger partial charge in [-0.15, -0.1) is 0 Å². The van der Waals surface area contributed by atoms with Crippen LogP contribution < -0.4 is 5.32 Å². The van der Waals surface area contributed by atoms with E-state index in [0.29, 0.717) is 13.0 Å². The van der Waals surface area contributed by atoms with Crippen LogP contribution >= 0.6 is 0 Å². The first-order valence-electron chi connectivity index (χ1n) is 5.49. The van der Waals surface area contributed by atoms with Crippen LogP contribution in [0.5, 0.6) is 0 Å². The average Bonchev–Trinajstić information content (AvgIpc) is 2.20. The van der Waals surface area contributed by atoms with E-state index >= 15 is 0 Å². The van der Waals surface area contributed by atoms with Gasteiger partial charge in [-0.3, -0.25) is 0 Å². The summed E-state index contributed by atoms with van der Waals surface area (Å²) < 4.78 is 9.36. The number of nitrogens with one attached hydrogen (secondary N) is 1. The maximum atomic E-state index is 11.2. The van der Waals surface area contributed by atoms with Crippen LogP contribution in [-0.4, -0.2) is 42.5 Å². The molecule has 6 nitrogen and oxygen atoms in total. The molecule has 0 heterocycles. The van der Waals surface area contributed by atoms with Gasteiger partial charge in [-0.05, 0) is 33.6 Å². The predicted molar refractivity (Wildman–Crippen MR) is 61.5 cm³/mol. The molecule has 0 aliphatic carbocycles. The summed E-state index contributed by atoms with van der Waals surface area (Å²) in [5, 5.41) is 11.8. The molecule has 6 heteroatoms. The number of alkyl carbamates (subject to hydrolysis) is 1. The molecule has 0 aliphatic heterocycles. The number of ether oxygens (including phenoxy) is 2. The third-order valence-electron chi connectivity index (χ3n) is 1.80. The van der Waals surface area contributed by atoms with Crippen LogP contribution in [-0.2, 0) is 14.3 Å². The number of methoxy groups -OCH3 is 1. The van der Waals surface area contributed by atoms with E-state index in [2.05, 4.69) is 10.1 Å². The number of esters is 1. The second kappa shape index (κ2) is 7.11. The van der Waals surface area contributed by atoms with Crippen LogP contribution in [0.3, 0.4) is 0 Å². The van der Waals surface area contributed by atoms with Gasteiger partial charge in [0.05, 0.1) is 7.11 Å². The minimum atomic E-state index is -1.14. The third-order valence-corrected chi connectivity index (χ3v) is 1.80. The van der Waals surface area contributed by atoms with Gasteiger partial charge in [0.2, 0.25) is 0 Å². The Balaban J connectivity index is 3.65. The van der Waals surface area contributed by atoms with Crippen molar-refractivity contribution in [1.29, 1.82) is 0 Å². The summed E-state index contributed by atoms with van der Waals surface area (Å²) in [5.41, 5.74) is -0.532. The van der Waals surface area contributed by atoms with Gasteiger partial charge in [0.15, 0.2) is 6.10 Å². The van der Waals surface area contributed by atoms with Gasteiger partial charge in [-0.1, -0.05) is 0 Å². The molecule has 0 radical (unpaired) electrons. The van der Waals surface area contributed by atoms with E-state index in [9.17, 15) is 14.7 Å². The molecule has 0 rings (SSSR count). The molecule has 0 bridgehead atoms. The lowest BCUT2D eigenvalue weighted by Crippen LogP contribution is -2.33. The molecule has 1 atom stereocenters. The van der Waals surface area contributed by atoms with Crippen molar-refractivity contribution >= 4 is 12.1 Å². The Labute approximate surface area is 101 Å². The first-order chi connectivity index (χ1) is 7.76. The highest BCUT2D eigenvalue weighted by Gasteiger charge is 2.17. The fourth-order valence-corrected chi connectivity index (χ4v) is 1.05. The first-order valence-corrected chi connectivity index (χ1v) is 5.49. The number of hydrogen-bond acceptors (Lipinski definition) is 5. The van der Waals surface area contributed by atoms with Gasteiger partial charge in [0.1, 0.15) is 5.60 Å². The van der Waals surface area contributed by atoms with Gasteiger partial charge in [0.25, 0.3) is 0 Å². The maximum absolute atomic E-state index is 11.2. The number of aliphatic hydroxyl groups is 1. The quantitative estimate of drug-likeness (QED) is 0.555. The Morgan fingerprint density at radius 2 is 1.94 bits per heavy atom. The van der Waals surface area contributed by atoms with Crippen molar-refractivity contribution in [2.75, 3.05) is 13.7 Å². The molecule has 0 aromatic heterocycles. The van der Waals surface area contributed by atoms with E-state index < -0.39 is 23.8 Å². The van der Waals surface area contributed by atoms with Crippen molar-refractivity contribution in [3.8, 4) is 0 Å². The van der Waals surface area contributed by atoms with Crippen LogP contribution in [0, 0.1) is 0 Å². The zero-order chi connectivity index (χ0) is 13.5. The molecule has 1 amide bonds. The molecule has 0 saturated heterocycles. The van der Waals surface area contributed by atoms with Crippen LogP contribution in [0.15, 0.2) is 0 Å². The molecule has 0 saturated carbocycles. The lowest BCUT2D eigenvalue weighted by Gasteiger charge is -2.19. The molecule has 0 fully saturated rings. The topological polar surface area (TPSA) is 84.9 Å². The summed E-state index contributed by atoms with van der Waals surface area (Å²) in [7, 11) is 1.21. The Bertz CT molecular complexity index is 259. The monoisotopic (exact) mass is 247 g/mol. The molecule has 17 heavy (non-hydrogen) atoms. The van der Waals surface area contributed by atoms with Crippen molar-refractivity contribution in [2.24, 2.45) is 0 Å². The minimum Gasteiger partial charge on any atom is -0.467 e. The number of carbonyl (C=O) groups excluding carboxylic acids is 2. The second-order valence-electron chi connectivity index (χ2n) is 4.61. The number of aliphatic hydroxyl groups excluding tert-OH is 1. The van der Waals surface area contributed by atoms with Crippen molar-refractivity contribution in [1.82, 2.24) is 5.32 Å². The fourth-order valence-electron chi connectivity index (χ4n) is 1.05. The van der Waals surface area contributed by atoms with E-state index in [1.165, 1.54) is 7.11 Å². The predicted octanol–water partition coefficient (Wildman–Crippen LogP) is 0.825. The number of rotatable bonds is 5. The van der Waals surface area contributed by atoms with Crippen molar-refractivity contribution < 1.29 is 24.2 Å². The minimum absolute atomic E-state index is 0.239. The van der Waals surface area contributed by atoms with E-state index in [0.717, 1.165) is 0 Å². The van der Waals surface area contributed by atoms with Gasteiger partial charge in [-0.25, -0.2) is 9.59 Å². The first kappa shape index (κ1) is 15.7. The summed E-state index contributed by atoms with van der Waals surface area (Å²) in [6.07, 6.45) is -0.941. The largest absolute Gasteiger partial charge is 0.467 e. The molecule has 0 unspecified atom stereocenters. The summed E-state index contributed by atoms with van der Waals surface area (Å²) in [4.78, 5) is 22.0. The average molecular weight is 247 g/mol. The molecular formula is C11H21NO5. The number of amides is 1. The molecule has 0 spiro atoms. The van der Waals surface area contributed by atoms with E-state index in [4.69, 9.17) is 4.74 Å². The van der Waals surface area contributed by atoms with E-state index in [-0.39, 0.29) is 6.42 Å².